The van der Waals surface area contributed by atoms with Crippen LogP contribution < -0.4 is 0 Å². The molecule has 0 saturated heterocycles. The largest absolute Gasteiger partial charge is 0.462 e. The first kappa shape index (κ1) is 27.4. The van der Waals surface area contributed by atoms with E-state index >= 15 is 0 Å². The summed E-state index contributed by atoms with van der Waals surface area (Å²) in [5.41, 5.74) is 1.93. The van der Waals surface area contributed by atoms with Gasteiger partial charge >= 0.3 is 11.9 Å². The standard InChI is InChI=1S/C30H46O6/c1-18(34-15-14-28(4,5)33)24-10-11-25-23-9-8-21-16-22(35-19(2)31)17-27(36-20(3)32)30(21,7)26(23)12-13-29(24,25)6/h8-9,18,22,24-27,33H,10-17H2,1-7H3/t18-,22+,24+,25-,26-,27-,29+,30-/m0/s1. The molecule has 0 aliphatic heterocycles. The van der Waals surface area contributed by atoms with E-state index in [2.05, 4.69) is 32.9 Å². The Morgan fingerprint density at radius 1 is 1.08 bits per heavy atom. The molecule has 36 heavy (non-hydrogen) atoms. The zero-order chi connectivity index (χ0) is 26.5. The molecule has 0 aromatic rings. The summed E-state index contributed by atoms with van der Waals surface area (Å²) >= 11 is 0. The second-order valence-corrected chi connectivity index (χ2v) is 12.9. The van der Waals surface area contributed by atoms with Gasteiger partial charge in [0.25, 0.3) is 0 Å². The topological polar surface area (TPSA) is 82.1 Å². The number of carbonyl (C=O) groups is 2. The zero-order valence-electron chi connectivity index (χ0n) is 23.3. The number of rotatable bonds is 7. The molecule has 3 saturated carbocycles. The minimum atomic E-state index is -0.709. The van der Waals surface area contributed by atoms with Crippen LogP contribution in [-0.2, 0) is 23.8 Å². The van der Waals surface area contributed by atoms with E-state index in [0.29, 0.717) is 43.6 Å². The maximum absolute atomic E-state index is 12.1. The molecule has 0 heterocycles. The Morgan fingerprint density at radius 3 is 2.42 bits per heavy atom. The van der Waals surface area contributed by atoms with Crippen LogP contribution in [0.1, 0.15) is 93.4 Å². The highest BCUT2D eigenvalue weighted by molar-refractivity contribution is 5.67. The number of ether oxygens (including phenoxy) is 3. The molecule has 0 aromatic heterocycles. The van der Waals surface area contributed by atoms with Crippen molar-refractivity contribution < 1.29 is 28.9 Å². The van der Waals surface area contributed by atoms with Crippen LogP contribution >= 0.6 is 0 Å². The van der Waals surface area contributed by atoms with E-state index in [1.165, 1.54) is 25.0 Å². The van der Waals surface area contributed by atoms with Gasteiger partial charge in [0.1, 0.15) is 12.2 Å². The summed E-state index contributed by atoms with van der Waals surface area (Å²) in [6.07, 6.45) is 10.5. The summed E-state index contributed by atoms with van der Waals surface area (Å²) in [6.45, 7) is 14.1. The van der Waals surface area contributed by atoms with E-state index in [0.717, 1.165) is 25.7 Å². The molecule has 6 heteroatoms. The molecule has 0 unspecified atom stereocenters. The first-order valence-corrected chi connectivity index (χ1v) is 13.8. The van der Waals surface area contributed by atoms with Gasteiger partial charge in [-0.05, 0) is 76.0 Å². The summed E-state index contributed by atoms with van der Waals surface area (Å²) in [5.74, 6) is 0.720. The van der Waals surface area contributed by atoms with Gasteiger partial charge in [-0.15, -0.1) is 0 Å². The average molecular weight is 503 g/mol. The SMILES string of the molecule is CC(=O)O[C@@H]1CC2=CC=C3[C@@H]4CC[C@H]([C@H](C)OCCC(C)(C)O)[C@@]4(C)CC[C@@H]3[C@@]2(C)[C@@H](OC(C)=O)C1. The van der Waals surface area contributed by atoms with Crippen molar-refractivity contribution in [3.8, 4) is 0 Å². The van der Waals surface area contributed by atoms with Crippen LogP contribution in [-0.4, -0.2) is 47.6 Å². The number of carbonyl (C=O) groups excluding carboxylic acids is 2. The monoisotopic (exact) mass is 502 g/mol. The Hall–Kier alpha value is -1.66. The number of aliphatic hydroxyl groups is 1. The minimum Gasteiger partial charge on any atom is -0.462 e. The lowest BCUT2D eigenvalue weighted by Crippen LogP contribution is -2.54. The first-order chi connectivity index (χ1) is 16.8. The van der Waals surface area contributed by atoms with Gasteiger partial charge in [-0.3, -0.25) is 9.59 Å². The van der Waals surface area contributed by atoms with Gasteiger partial charge < -0.3 is 19.3 Å². The lowest BCUT2D eigenvalue weighted by molar-refractivity contribution is -0.165. The third kappa shape index (κ3) is 5.05. The van der Waals surface area contributed by atoms with Crippen molar-refractivity contribution in [3.63, 3.8) is 0 Å². The molecule has 3 fully saturated rings. The second-order valence-electron chi connectivity index (χ2n) is 12.9. The minimum absolute atomic E-state index is 0.151. The number of fused-ring (bicyclic) bond motifs is 5. The maximum atomic E-state index is 12.1. The van der Waals surface area contributed by atoms with Crippen LogP contribution in [0.2, 0.25) is 0 Å². The van der Waals surface area contributed by atoms with Crippen molar-refractivity contribution in [3.05, 3.63) is 23.3 Å². The second kappa shape index (κ2) is 9.90. The molecule has 0 amide bonds. The summed E-state index contributed by atoms with van der Waals surface area (Å²) in [5, 5.41) is 10.1. The third-order valence-electron chi connectivity index (χ3n) is 9.97. The summed E-state index contributed by atoms with van der Waals surface area (Å²) < 4.78 is 17.8. The van der Waals surface area contributed by atoms with Gasteiger partial charge in [0.05, 0.1) is 11.7 Å². The fraction of sp³-hybridized carbons (Fsp3) is 0.800. The van der Waals surface area contributed by atoms with Crippen molar-refractivity contribution in [1.82, 2.24) is 0 Å². The van der Waals surface area contributed by atoms with E-state index in [4.69, 9.17) is 14.2 Å². The lowest BCUT2D eigenvalue weighted by atomic mass is 9.49. The quantitative estimate of drug-likeness (QED) is 0.461. The van der Waals surface area contributed by atoms with Crippen molar-refractivity contribution in [1.29, 1.82) is 0 Å². The van der Waals surface area contributed by atoms with E-state index in [1.807, 2.05) is 13.8 Å². The molecule has 4 aliphatic rings. The Morgan fingerprint density at radius 2 is 1.78 bits per heavy atom. The average Bonchev–Trinajstić information content (AvgIpc) is 3.10. The van der Waals surface area contributed by atoms with Crippen LogP contribution in [0, 0.1) is 28.6 Å². The van der Waals surface area contributed by atoms with Crippen molar-refractivity contribution in [2.75, 3.05) is 6.61 Å². The van der Waals surface area contributed by atoms with Crippen LogP contribution in [0.5, 0.6) is 0 Å². The Bertz CT molecular complexity index is 928. The molecule has 8 atom stereocenters. The van der Waals surface area contributed by atoms with Crippen LogP contribution in [0.15, 0.2) is 23.3 Å². The van der Waals surface area contributed by atoms with Gasteiger partial charge in [0.2, 0.25) is 0 Å². The van der Waals surface area contributed by atoms with Crippen LogP contribution in [0.25, 0.3) is 0 Å². The number of esters is 2. The van der Waals surface area contributed by atoms with Gasteiger partial charge in [-0.25, -0.2) is 0 Å². The van der Waals surface area contributed by atoms with Crippen molar-refractivity contribution in [2.45, 2.75) is 117 Å². The van der Waals surface area contributed by atoms with Crippen LogP contribution in [0.3, 0.4) is 0 Å². The highest BCUT2D eigenvalue weighted by Crippen LogP contribution is 2.66. The van der Waals surface area contributed by atoms with Crippen LogP contribution in [0.4, 0.5) is 0 Å². The predicted octanol–water partition coefficient (Wildman–Crippen LogP) is 5.52. The fourth-order valence-corrected chi connectivity index (χ4v) is 8.12. The molecule has 1 N–H and O–H groups in total. The fourth-order valence-electron chi connectivity index (χ4n) is 8.12. The zero-order valence-corrected chi connectivity index (χ0v) is 23.3. The van der Waals surface area contributed by atoms with Gasteiger partial charge in [-0.2, -0.15) is 0 Å². The van der Waals surface area contributed by atoms with Crippen molar-refractivity contribution >= 4 is 11.9 Å². The molecule has 202 valence electrons. The van der Waals surface area contributed by atoms with E-state index in [9.17, 15) is 14.7 Å². The summed E-state index contributed by atoms with van der Waals surface area (Å²) in [4.78, 5) is 23.8. The molecule has 0 spiro atoms. The lowest BCUT2D eigenvalue weighted by Gasteiger charge is -2.57. The Labute approximate surface area is 216 Å². The molecule has 0 aromatic carbocycles. The maximum Gasteiger partial charge on any atom is 0.302 e. The summed E-state index contributed by atoms with van der Waals surface area (Å²) in [6, 6.07) is 0. The molecule has 4 aliphatic carbocycles. The number of hydrogen-bond donors (Lipinski definition) is 1. The predicted molar refractivity (Wildman–Crippen MR) is 138 cm³/mol. The number of hydrogen-bond acceptors (Lipinski definition) is 6. The molecule has 4 rings (SSSR count). The van der Waals surface area contributed by atoms with E-state index in [1.54, 1.807) is 0 Å². The van der Waals surface area contributed by atoms with Crippen molar-refractivity contribution in [2.24, 2.45) is 28.6 Å². The molecule has 0 bridgehead atoms. The Kier molecular flexibility index (Phi) is 7.53. The molecule has 0 radical (unpaired) electrons. The van der Waals surface area contributed by atoms with E-state index in [-0.39, 0.29) is 41.1 Å². The van der Waals surface area contributed by atoms with E-state index < -0.39 is 5.60 Å². The smallest absolute Gasteiger partial charge is 0.302 e. The molecular formula is C30H46O6. The van der Waals surface area contributed by atoms with Gasteiger partial charge in [-0.1, -0.05) is 37.1 Å². The Balaban J connectivity index is 1.58. The van der Waals surface area contributed by atoms with Gasteiger partial charge in [0, 0.05) is 38.7 Å². The molecular weight excluding hydrogens is 456 g/mol. The highest BCUT2D eigenvalue weighted by atomic mass is 16.6. The van der Waals surface area contributed by atoms with Gasteiger partial charge in [0.15, 0.2) is 0 Å². The highest BCUT2D eigenvalue weighted by Gasteiger charge is 2.60. The first-order valence-electron chi connectivity index (χ1n) is 13.8. The normalized spacial score (nSPS) is 38.6. The number of allylic oxidation sites excluding steroid dienone is 3. The third-order valence-corrected chi connectivity index (χ3v) is 9.97. The molecule has 6 nitrogen and oxygen atoms in total. The summed E-state index contributed by atoms with van der Waals surface area (Å²) in [7, 11) is 0.